The van der Waals surface area contributed by atoms with E-state index in [0.717, 1.165) is 24.9 Å². The number of sulfone groups is 1. The van der Waals surface area contributed by atoms with E-state index < -0.39 is 15.7 Å². The smallest absolute Gasteiger partial charge is 0.256 e. The lowest BCUT2D eigenvalue weighted by molar-refractivity contribution is -0.122. The molecule has 3 N–H and O–H groups in total. The predicted molar refractivity (Wildman–Crippen MR) is 116 cm³/mol. The molecule has 1 unspecified atom stereocenters. The lowest BCUT2D eigenvalue weighted by Gasteiger charge is -2.22. The summed E-state index contributed by atoms with van der Waals surface area (Å²) in [7, 11) is -3.53. The van der Waals surface area contributed by atoms with Crippen molar-refractivity contribution >= 4 is 27.3 Å². The number of nitrogens with two attached hydrogens (primary N) is 1. The highest BCUT2D eigenvalue weighted by molar-refractivity contribution is 7.91. The molecule has 0 aliphatic carbocycles. The van der Waals surface area contributed by atoms with Crippen LogP contribution in [0.3, 0.4) is 0 Å². The molecule has 160 valence electrons. The molecule has 8 heteroatoms. The molecule has 1 fully saturated rings. The van der Waals surface area contributed by atoms with Crippen LogP contribution < -0.4 is 11.1 Å². The first-order chi connectivity index (χ1) is 14.3. The summed E-state index contributed by atoms with van der Waals surface area (Å²) in [5.41, 5.74) is 7.12. The van der Waals surface area contributed by atoms with Gasteiger partial charge in [0.25, 0.3) is 5.91 Å². The van der Waals surface area contributed by atoms with Crippen LogP contribution in [0.5, 0.6) is 0 Å². The second-order valence-corrected chi connectivity index (χ2v) is 9.58. The number of rotatable bonds is 8. The monoisotopic (exact) mass is 429 g/mol. The second-order valence-electron chi connectivity index (χ2n) is 7.50. The molecular weight excluding hydrogens is 402 g/mol. The molecule has 0 saturated carbocycles. The van der Waals surface area contributed by atoms with Gasteiger partial charge in [-0.05, 0) is 55.6 Å². The Morgan fingerprint density at radius 3 is 2.67 bits per heavy atom. The van der Waals surface area contributed by atoms with Crippen molar-refractivity contribution in [3.63, 3.8) is 0 Å². The van der Waals surface area contributed by atoms with Crippen LogP contribution in [0, 0.1) is 0 Å². The van der Waals surface area contributed by atoms with Crippen molar-refractivity contribution in [3.05, 3.63) is 59.7 Å². The van der Waals surface area contributed by atoms with Gasteiger partial charge in [0.1, 0.15) is 0 Å². The van der Waals surface area contributed by atoms with E-state index in [1.807, 2.05) is 23.1 Å². The minimum absolute atomic E-state index is 0.0103. The van der Waals surface area contributed by atoms with E-state index >= 15 is 0 Å². The van der Waals surface area contributed by atoms with Gasteiger partial charge in [0.2, 0.25) is 5.91 Å². The minimum atomic E-state index is -3.53. The van der Waals surface area contributed by atoms with Gasteiger partial charge in [0.15, 0.2) is 9.84 Å². The molecule has 1 aliphatic rings. The van der Waals surface area contributed by atoms with E-state index in [9.17, 15) is 18.0 Å². The number of hydrogen-bond donors (Lipinski definition) is 2. The van der Waals surface area contributed by atoms with Crippen molar-refractivity contribution in [2.45, 2.75) is 43.7 Å². The third-order valence-electron chi connectivity index (χ3n) is 5.20. The van der Waals surface area contributed by atoms with Crippen molar-refractivity contribution in [2.24, 2.45) is 5.73 Å². The van der Waals surface area contributed by atoms with Crippen LogP contribution in [0.2, 0.25) is 0 Å². The van der Waals surface area contributed by atoms with Gasteiger partial charge >= 0.3 is 0 Å². The van der Waals surface area contributed by atoms with E-state index in [4.69, 9.17) is 5.73 Å². The fourth-order valence-corrected chi connectivity index (χ4v) is 5.36. The Hall–Kier alpha value is -2.71. The summed E-state index contributed by atoms with van der Waals surface area (Å²) < 4.78 is 25.0. The first kappa shape index (κ1) is 22.0. The number of nitrogens with zero attached hydrogens (tertiary/aromatic N) is 1. The molecule has 0 radical (unpaired) electrons. The number of amides is 2. The Balaban J connectivity index is 1.77. The third kappa shape index (κ3) is 5.06. The van der Waals surface area contributed by atoms with Crippen molar-refractivity contribution in [2.75, 3.05) is 17.6 Å². The van der Waals surface area contributed by atoms with Gasteiger partial charge in [-0.3, -0.25) is 14.5 Å². The number of likely N-dealkylation sites (tertiary alicyclic amines) is 1. The zero-order chi connectivity index (χ0) is 21.7. The van der Waals surface area contributed by atoms with Crippen molar-refractivity contribution in [1.82, 2.24) is 4.90 Å². The Kier molecular flexibility index (Phi) is 6.89. The zero-order valence-corrected chi connectivity index (χ0v) is 17.8. The number of carbonyl (C=O) groups is 2. The Bertz CT molecular complexity index is 1040. The van der Waals surface area contributed by atoms with Crippen LogP contribution in [0.1, 0.15) is 42.1 Å². The first-order valence-electron chi connectivity index (χ1n) is 10.1. The Labute approximate surface area is 177 Å². The molecule has 2 amide bonds. The number of primary amides is 1. The molecule has 0 aromatic heterocycles. The van der Waals surface area contributed by atoms with Crippen LogP contribution >= 0.6 is 0 Å². The predicted octanol–water partition coefficient (Wildman–Crippen LogP) is 2.57. The molecule has 1 saturated heterocycles. The number of benzene rings is 2. The molecule has 3 rings (SSSR count). The SMILES string of the molecule is CCCS(=O)(=O)c1ccccc1C(=O)Nc1cccc(CN2CCCC2C(N)=O)c1. The summed E-state index contributed by atoms with van der Waals surface area (Å²) in [6.45, 7) is 3.14. The number of nitrogens with one attached hydrogen (secondary N) is 1. The van der Waals surface area contributed by atoms with Crippen molar-refractivity contribution in [3.8, 4) is 0 Å². The quantitative estimate of drug-likeness (QED) is 0.670. The molecule has 2 aromatic carbocycles. The van der Waals surface area contributed by atoms with Gasteiger partial charge in [-0.1, -0.05) is 31.2 Å². The molecule has 0 spiro atoms. The molecule has 0 bridgehead atoms. The Morgan fingerprint density at radius 2 is 1.93 bits per heavy atom. The van der Waals surface area contributed by atoms with E-state index in [1.165, 1.54) is 12.1 Å². The molecule has 30 heavy (non-hydrogen) atoms. The topological polar surface area (TPSA) is 110 Å². The lowest BCUT2D eigenvalue weighted by Crippen LogP contribution is -2.39. The van der Waals surface area contributed by atoms with Crippen molar-refractivity contribution in [1.29, 1.82) is 0 Å². The number of hydrogen-bond acceptors (Lipinski definition) is 5. The minimum Gasteiger partial charge on any atom is -0.368 e. The third-order valence-corrected chi connectivity index (χ3v) is 7.17. The molecule has 2 aromatic rings. The van der Waals surface area contributed by atoms with Gasteiger partial charge < -0.3 is 11.1 Å². The maximum Gasteiger partial charge on any atom is 0.256 e. The van der Waals surface area contributed by atoms with Gasteiger partial charge in [0.05, 0.1) is 22.3 Å². The van der Waals surface area contributed by atoms with E-state index in [0.29, 0.717) is 18.7 Å². The first-order valence-corrected chi connectivity index (χ1v) is 11.7. The van der Waals surface area contributed by atoms with Gasteiger partial charge in [-0.15, -0.1) is 0 Å². The van der Waals surface area contributed by atoms with E-state index in [1.54, 1.807) is 25.1 Å². The molecule has 1 atom stereocenters. The maximum atomic E-state index is 12.8. The fourth-order valence-electron chi connectivity index (χ4n) is 3.82. The lowest BCUT2D eigenvalue weighted by atomic mass is 10.1. The molecule has 1 heterocycles. The summed E-state index contributed by atoms with van der Waals surface area (Å²) in [6, 6.07) is 13.3. The van der Waals surface area contributed by atoms with E-state index in [-0.39, 0.29) is 28.2 Å². The van der Waals surface area contributed by atoms with Gasteiger partial charge in [0, 0.05) is 12.2 Å². The normalized spacial score (nSPS) is 17.0. The average molecular weight is 430 g/mol. The molecular formula is C22H27N3O4S. The molecule has 1 aliphatic heterocycles. The standard InChI is InChI=1S/C22H27N3O4S/c1-2-13-30(28,29)20-11-4-3-9-18(20)22(27)24-17-8-5-7-16(14-17)15-25-12-6-10-19(25)21(23)26/h3-5,7-9,11,14,19H,2,6,10,12-13,15H2,1H3,(H2,23,26)(H,24,27). The van der Waals surface area contributed by atoms with Crippen molar-refractivity contribution < 1.29 is 18.0 Å². The highest BCUT2D eigenvalue weighted by Crippen LogP contribution is 2.23. The highest BCUT2D eigenvalue weighted by Gasteiger charge is 2.28. The summed E-state index contributed by atoms with van der Waals surface area (Å²) in [6.07, 6.45) is 2.16. The van der Waals surface area contributed by atoms with Crippen LogP contribution in [-0.2, 0) is 21.2 Å². The van der Waals surface area contributed by atoms with Crippen LogP contribution in [0.15, 0.2) is 53.4 Å². The van der Waals surface area contributed by atoms with Gasteiger partial charge in [-0.25, -0.2) is 8.42 Å². The van der Waals surface area contributed by atoms with Gasteiger partial charge in [-0.2, -0.15) is 0 Å². The summed E-state index contributed by atoms with van der Waals surface area (Å²) in [5, 5.41) is 2.80. The largest absolute Gasteiger partial charge is 0.368 e. The summed E-state index contributed by atoms with van der Waals surface area (Å²) in [4.78, 5) is 26.5. The molecule has 7 nitrogen and oxygen atoms in total. The Morgan fingerprint density at radius 1 is 1.17 bits per heavy atom. The van der Waals surface area contributed by atoms with Crippen LogP contribution in [-0.4, -0.2) is 43.5 Å². The van der Waals surface area contributed by atoms with Crippen LogP contribution in [0.25, 0.3) is 0 Å². The summed E-state index contributed by atoms with van der Waals surface area (Å²) in [5.74, 6) is -0.802. The zero-order valence-electron chi connectivity index (χ0n) is 17.0. The average Bonchev–Trinajstić information content (AvgIpc) is 3.16. The van der Waals surface area contributed by atoms with Crippen LogP contribution in [0.4, 0.5) is 5.69 Å². The fraction of sp³-hybridized carbons (Fsp3) is 0.364. The van der Waals surface area contributed by atoms with E-state index in [2.05, 4.69) is 5.32 Å². The summed E-state index contributed by atoms with van der Waals surface area (Å²) >= 11 is 0. The number of anilines is 1. The second kappa shape index (κ2) is 9.40. The maximum absolute atomic E-state index is 12.8. The highest BCUT2D eigenvalue weighted by atomic mass is 32.2. The number of carbonyl (C=O) groups excluding carboxylic acids is 2.